The summed E-state index contributed by atoms with van der Waals surface area (Å²) < 4.78 is 5.59. The van der Waals surface area contributed by atoms with Crippen molar-refractivity contribution < 1.29 is 4.74 Å². The van der Waals surface area contributed by atoms with Crippen LogP contribution in [-0.4, -0.2) is 11.1 Å². The quantitative estimate of drug-likeness (QED) is 0.893. The molecule has 5 heteroatoms. The SMILES string of the molecule is CC(C)Oc1ccc(CNc2nccs2)cc1Cl. The van der Waals surface area contributed by atoms with E-state index in [0.29, 0.717) is 11.6 Å². The second-order valence-electron chi connectivity index (χ2n) is 4.12. The first-order chi connectivity index (χ1) is 8.65. The van der Waals surface area contributed by atoms with E-state index in [1.807, 2.05) is 37.4 Å². The van der Waals surface area contributed by atoms with Gasteiger partial charge in [0.15, 0.2) is 5.13 Å². The first-order valence-electron chi connectivity index (χ1n) is 5.73. The molecule has 1 aromatic heterocycles. The van der Waals surface area contributed by atoms with Crippen LogP contribution in [0.25, 0.3) is 0 Å². The Bertz CT molecular complexity index is 500. The van der Waals surface area contributed by atoms with Gasteiger partial charge >= 0.3 is 0 Å². The lowest BCUT2D eigenvalue weighted by molar-refractivity contribution is 0.242. The number of nitrogens with zero attached hydrogens (tertiary/aromatic N) is 1. The van der Waals surface area contributed by atoms with Crippen LogP contribution in [0.5, 0.6) is 5.75 Å². The van der Waals surface area contributed by atoms with E-state index in [9.17, 15) is 0 Å². The average Bonchev–Trinajstić information content (AvgIpc) is 2.82. The van der Waals surface area contributed by atoms with E-state index in [2.05, 4.69) is 10.3 Å². The normalized spacial score (nSPS) is 10.7. The Hall–Kier alpha value is -1.26. The Morgan fingerprint density at radius 2 is 2.28 bits per heavy atom. The van der Waals surface area contributed by atoms with Gasteiger partial charge in [0.05, 0.1) is 11.1 Å². The first kappa shape index (κ1) is 13.2. The van der Waals surface area contributed by atoms with Crippen LogP contribution in [0.1, 0.15) is 19.4 Å². The lowest BCUT2D eigenvalue weighted by atomic mass is 10.2. The molecular weight excluding hydrogens is 268 g/mol. The van der Waals surface area contributed by atoms with Crippen LogP contribution in [0.15, 0.2) is 29.8 Å². The zero-order chi connectivity index (χ0) is 13.0. The zero-order valence-corrected chi connectivity index (χ0v) is 11.9. The molecule has 0 atom stereocenters. The number of hydrogen-bond acceptors (Lipinski definition) is 4. The molecule has 0 spiro atoms. The van der Waals surface area contributed by atoms with Gasteiger partial charge in [-0.15, -0.1) is 11.3 Å². The highest BCUT2D eigenvalue weighted by molar-refractivity contribution is 7.13. The fraction of sp³-hybridized carbons (Fsp3) is 0.308. The number of rotatable bonds is 5. The third kappa shape index (κ3) is 3.62. The highest BCUT2D eigenvalue weighted by Gasteiger charge is 2.05. The van der Waals surface area contributed by atoms with E-state index < -0.39 is 0 Å². The molecule has 0 amide bonds. The minimum absolute atomic E-state index is 0.127. The second kappa shape index (κ2) is 6.07. The van der Waals surface area contributed by atoms with Crippen molar-refractivity contribution in [1.82, 2.24) is 4.98 Å². The van der Waals surface area contributed by atoms with Crippen molar-refractivity contribution in [1.29, 1.82) is 0 Å². The molecule has 0 aliphatic carbocycles. The Morgan fingerprint density at radius 1 is 1.44 bits per heavy atom. The Kier molecular flexibility index (Phi) is 4.44. The molecule has 0 saturated carbocycles. The summed E-state index contributed by atoms with van der Waals surface area (Å²) >= 11 is 7.75. The maximum absolute atomic E-state index is 6.17. The third-order valence-corrected chi connectivity index (χ3v) is 3.26. The Balaban J connectivity index is 2.00. The molecule has 0 aliphatic rings. The van der Waals surface area contributed by atoms with Gasteiger partial charge in [0.1, 0.15) is 5.75 Å². The van der Waals surface area contributed by atoms with Gasteiger partial charge in [-0.2, -0.15) is 0 Å². The standard InChI is InChI=1S/C13H15ClN2OS/c1-9(2)17-12-4-3-10(7-11(12)14)8-16-13-15-5-6-18-13/h3-7,9H,8H2,1-2H3,(H,15,16). The Morgan fingerprint density at radius 3 is 2.89 bits per heavy atom. The van der Waals surface area contributed by atoms with E-state index in [1.54, 1.807) is 17.5 Å². The number of benzene rings is 1. The van der Waals surface area contributed by atoms with E-state index in [-0.39, 0.29) is 6.10 Å². The zero-order valence-electron chi connectivity index (χ0n) is 10.3. The smallest absolute Gasteiger partial charge is 0.182 e. The van der Waals surface area contributed by atoms with Crippen LogP contribution in [0.3, 0.4) is 0 Å². The van der Waals surface area contributed by atoms with Crippen LogP contribution < -0.4 is 10.1 Å². The van der Waals surface area contributed by atoms with E-state index in [1.165, 1.54) is 0 Å². The molecule has 0 radical (unpaired) electrons. The highest BCUT2D eigenvalue weighted by Crippen LogP contribution is 2.26. The van der Waals surface area contributed by atoms with Gasteiger partial charge < -0.3 is 10.1 Å². The number of nitrogens with one attached hydrogen (secondary N) is 1. The summed E-state index contributed by atoms with van der Waals surface area (Å²) in [4.78, 5) is 4.16. The predicted octanol–water partition coefficient (Wildman–Crippen LogP) is 4.20. The van der Waals surface area contributed by atoms with Crippen LogP contribution in [-0.2, 0) is 6.54 Å². The molecule has 2 rings (SSSR count). The predicted molar refractivity (Wildman–Crippen MR) is 76.7 cm³/mol. The molecule has 2 aromatic rings. The van der Waals surface area contributed by atoms with Crippen LogP contribution in [0.4, 0.5) is 5.13 Å². The lowest BCUT2D eigenvalue weighted by Crippen LogP contribution is -2.06. The monoisotopic (exact) mass is 282 g/mol. The van der Waals surface area contributed by atoms with Crippen molar-refractivity contribution in [2.75, 3.05) is 5.32 Å². The number of ether oxygens (including phenoxy) is 1. The fourth-order valence-corrected chi connectivity index (χ4v) is 2.27. The van der Waals surface area contributed by atoms with E-state index in [0.717, 1.165) is 16.4 Å². The molecule has 0 fully saturated rings. The number of hydrogen-bond donors (Lipinski definition) is 1. The molecule has 18 heavy (non-hydrogen) atoms. The lowest BCUT2D eigenvalue weighted by Gasteiger charge is -2.12. The average molecular weight is 283 g/mol. The number of aromatic nitrogens is 1. The summed E-state index contributed by atoms with van der Waals surface area (Å²) in [5.74, 6) is 0.727. The molecule has 0 unspecified atom stereocenters. The van der Waals surface area contributed by atoms with E-state index >= 15 is 0 Å². The van der Waals surface area contributed by atoms with Gasteiger partial charge in [-0.3, -0.25) is 0 Å². The molecule has 3 nitrogen and oxygen atoms in total. The molecule has 1 aromatic carbocycles. The molecule has 0 bridgehead atoms. The topological polar surface area (TPSA) is 34.1 Å². The van der Waals surface area contributed by atoms with Gasteiger partial charge in [-0.1, -0.05) is 17.7 Å². The summed E-state index contributed by atoms with van der Waals surface area (Å²) in [6.45, 7) is 4.66. The van der Waals surface area contributed by atoms with Crippen molar-refractivity contribution >= 4 is 28.1 Å². The molecule has 96 valence electrons. The van der Waals surface area contributed by atoms with Crippen molar-refractivity contribution in [3.8, 4) is 5.75 Å². The molecule has 0 saturated heterocycles. The third-order valence-electron chi connectivity index (χ3n) is 2.24. The van der Waals surface area contributed by atoms with Gasteiger partial charge in [0, 0.05) is 18.1 Å². The van der Waals surface area contributed by atoms with Crippen molar-refractivity contribution in [3.63, 3.8) is 0 Å². The summed E-state index contributed by atoms with van der Waals surface area (Å²) in [5.41, 5.74) is 1.10. The minimum atomic E-state index is 0.127. The largest absolute Gasteiger partial charge is 0.489 e. The van der Waals surface area contributed by atoms with Gasteiger partial charge in [-0.25, -0.2) is 4.98 Å². The maximum Gasteiger partial charge on any atom is 0.182 e. The molecule has 1 N–H and O–H groups in total. The van der Waals surface area contributed by atoms with Crippen molar-refractivity contribution in [2.45, 2.75) is 26.5 Å². The summed E-state index contributed by atoms with van der Waals surface area (Å²) in [6, 6.07) is 5.82. The van der Waals surface area contributed by atoms with Gasteiger partial charge in [0.25, 0.3) is 0 Å². The number of thiazole rings is 1. The minimum Gasteiger partial charge on any atom is -0.489 e. The summed E-state index contributed by atoms with van der Waals surface area (Å²) in [6.07, 6.45) is 1.90. The number of anilines is 1. The van der Waals surface area contributed by atoms with Gasteiger partial charge in [0.2, 0.25) is 0 Å². The van der Waals surface area contributed by atoms with Crippen LogP contribution >= 0.6 is 22.9 Å². The summed E-state index contributed by atoms with van der Waals surface area (Å²) in [5, 5.41) is 6.73. The second-order valence-corrected chi connectivity index (χ2v) is 5.42. The molecule has 0 aliphatic heterocycles. The fourth-order valence-electron chi connectivity index (χ4n) is 1.49. The van der Waals surface area contributed by atoms with Crippen molar-refractivity contribution in [2.24, 2.45) is 0 Å². The maximum atomic E-state index is 6.17. The summed E-state index contributed by atoms with van der Waals surface area (Å²) in [7, 11) is 0. The molecule has 1 heterocycles. The van der Waals surface area contributed by atoms with Gasteiger partial charge in [-0.05, 0) is 31.5 Å². The van der Waals surface area contributed by atoms with Crippen molar-refractivity contribution in [3.05, 3.63) is 40.4 Å². The number of halogens is 1. The van der Waals surface area contributed by atoms with E-state index in [4.69, 9.17) is 16.3 Å². The molecular formula is C13H15ClN2OS. The Labute approximate surface area is 116 Å². The van der Waals surface area contributed by atoms with Crippen LogP contribution in [0.2, 0.25) is 5.02 Å². The first-order valence-corrected chi connectivity index (χ1v) is 6.99. The van der Waals surface area contributed by atoms with Crippen LogP contribution in [0, 0.1) is 0 Å². The highest BCUT2D eigenvalue weighted by atomic mass is 35.5.